The van der Waals surface area contributed by atoms with Crippen LogP contribution < -0.4 is 4.74 Å². The summed E-state index contributed by atoms with van der Waals surface area (Å²) in [6, 6.07) is 8.27. The fourth-order valence-corrected chi connectivity index (χ4v) is 1.22. The molecule has 0 radical (unpaired) electrons. The van der Waals surface area contributed by atoms with Gasteiger partial charge in [-0.05, 0) is 42.5 Å². The predicted molar refractivity (Wildman–Crippen MR) is 65.2 cm³/mol. The van der Waals surface area contributed by atoms with Gasteiger partial charge in [0, 0.05) is 0 Å². The SMILES string of the molecule is CC(C)=COc1ccc(C(C)(C)C)cc1. The van der Waals surface area contributed by atoms with Gasteiger partial charge in [0.1, 0.15) is 5.75 Å². The maximum absolute atomic E-state index is 5.47. The van der Waals surface area contributed by atoms with Gasteiger partial charge < -0.3 is 4.74 Å². The molecule has 0 unspecified atom stereocenters. The van der Waals surface area contributed by atoms with Crippen LogP contribution in [-0.2, 0) is 5.41 Å². The van der Waals surface area contributed by atoms with Crippen molar-refractivity contribution in [1.82, 2.24) is 0 Å². The van der Waals surface area contributed by atoms with Crippen LogP contribution in [0.5, 0.6) is 5.75 Å². The third-order valence-electron chi connectivity index (χ3n) is 2.15. The average Bonchev–Trinajstić information content (AvgIpc) is 2.14. The van der Waals surface area contributed by atoms with Crippen molar-refractivity contribution in [1.29, 1.82) is 0 Å². The molecular formula is C14H20O. The molecule has 15 heavy (non-hydrogen) atoms. The molecule has 0 amide bonds. The van der Waals surface area contributed by atoms with Crippen LogP contribution in [0.1, 0.15) is 40.2 Å². The number of ether oxygens (including phenoxy) is 1. The Balaban J connectivity index is 2.77. The molecule has 0 heterocycles. The molecule has 0 aliphatic heterocycles. The smallest absolute Gasteiger partial charge is 0.126 e. The summed E-state index contributed by atoms with van der Waals surface area (Å²) in [6.07, 6.45) is 1.77. The van der Waals surface area contributed by atoms with E-state index in [0.717, 1.165) is 11.3 Å². The summed E-state index contributed by atoms with van der Waals surface area (Å²) in [5, 5.41) is 0. The third kappa shape index (κ3) is 3.78. The van der Waals surface area contributed by atoms with Gasteiger partial charge in [-0.2, -0.15) is 0 Å². The van der Waals surface area contributed by atoms with Crippen molar-refractivity contribution in [2.24, 2.45) is 0 Å². The zero-order chi connectivity index (χ0) is 11.5. The van der Waals surface area contributed by atoms with Crippen LogP contribution in [-0.4, -0.2) is 0 Å². The van der Waals surface area contributed by atoms with Gasteiger partial charge in [-0.25, -0.2) is 0 Å². The fraction of sp³-hybridized carbons (Fsp3) is 0.429. The van der Waals surface area contributed by atoms with Crippen LogP contribution in [0.4, 0.5) is 0 Å². The maximum Gasteiger partial charge on any atom is 0.126 e. The molecule has 0 saturated heterocycles. The second-order valence-corrected chi connectivity index (χ2v) is 5.09. The Bertz CT molecular complexity index is 335. The van der Waals surface area contributed by atoms with Crippen molar-refractivity contribution in [2.75, 3.05) is 0 Å². The van der Waals surface area contributed by atoms with Crippen molar-refractivity contribution in [3.8, 4) is 5.75 Å². The van der Waals surface area contributed by atoms with Crippen LogP contribution in [0.15, 0.2) is 36.1 Å². The van der Waals surface area contributed by atoms with Crippen molar-refractivity contribution < 1.29 is 4.74 Å². The number of hydrogen-bond donors (Lipinski definition) is 0. The van der Waals surface area contributed by atoms with E-state index in [1.54, 1.807) is 6.26 Å². The third-order valence-corrected chi connectivity index (χ3v) is 2.15. The lowest BCUT2D eigenvalue weighted by atomic mass is 9.87. The molecular weight excluding hydrogens is 184 g/mol. The summed E-state index contributed by atoms with van der Waals surface area (Å²) in [7, 11) is 0. The van der Waals surface area contributed by atoms with Gasteiger partial charge >= 0.3 is 0 Å². The molecule has 0 fully saturated rings. The van der Waals surface area contributed by atoms with E-state index in [1.165, 1.54) is 5.56 Å². The van der Waals surface area contributed by atoms with Gasteiger partial charge in [0.05, 0.1) is 6.26 Å². The topological polar surface area (TPSA) is 9.23 Å². The normalized spacial score (nSPS) is 11.0. The molecule has 1 nitrogen and oxygen atoms in total. The maximum atomic E-state index is 5.47. The van der Waals surface area contributed by atoms with Crippen LogP contribution in [0.2, 0.25) is 0 Å². The average molecular weight is 204 g/mol. The van der Waals surface area contributed by atoms with Gasteiger partial charge in [-0.1, -0.05) is 32.9 Å². The number of hydrogen-bond acceptors (Lipinski definition) is 1. The van der Waals surface area contributed by atoms with Gasteiger partial charge in [-0.15, -0.1) is 0 Å². The van der Waals surface area contributed by atoms with Gasteiger partial charge in [0.2, 0.25) is 0 Å². The van der Waals surface area contributed by atoms with E-state index in [0.29, 0.717) is 0 Å². The van der Waals surface area contributed by atoms with E-state index in [1.807, 2.05) is 26.0 Å². The Morgan fingerprint density at radius 1 is 1.07 bits per heavy atom. The van der Waals surface area contributed by atoms with Crippen LogP contribution in [0.25, 0.3) is 0 Å². The lowest BCUT2D eigenvalue weighted by molar-refractivity contribution is 0.474. The molecule has 0 aliphatic carbocycles. The summed E-state index contributed by atoms with van der Waals surface area (Å²) >= 11 is 0. The molecule has 0 saturated carbocycles. The zero-order valence-corrected chi connectivity index (χ0v) is 10.3. The van der Waals surface area contributed by atoms with Gasteiger partial charge in [0.25, 0.3) is 0 Å². The molecule has 0 bridgehead atoms. The number of rotatable bonds is 2. The first-order valence-electron chi connectivity index (χ1n) is 5.30. The Labute approximate surface area is 92.8 Å². The van der Waals surface area contributed by atoms with Crippen molar-refractivity contribution >= 4 is 0 Å². The molecule has 0 N–H and O–H groups in total. The summed E-state index contributed by atoms with van der Waals surface area (Å²) in [4.78, 5) is 0. The number of benzene rings is 1. The monoisotopic (exact) mass is 204 g/mol. The Kier molecular flexibility index (Phi) is 3.57. The second kappa shape index (κ2) is 4.52. The zero-order valence-electron chi connectivity index (χ0n) is 10.3. The minimum Gasteiger partial charge on any atom is -0.465 e. The van der Waals surface area contributed by atoms with Crippen molar-refractivity contribution in [3.05, 3.63) is 41.7 Å². The first kappa shape index (κ1) is 11.8. The highest BCUT2D eigenvalue weighted by atomic mass is 16.5. The summed E-state index contributed by atoms with van der Waals surface area (Å²) < 4.78 is 5.47. The first-order valence-corrected chi connectivity index (χ1v) is 5.30. The summed E-state index contributed by atoms with van der Waals surface area (Å²) in [6.45, 7) is 10.7. The Morgan fingerprint density at radius 3 is 2.00 bits per heavy atom. The van der Waals surface area contributed by atoms with E-state index in [2.05, 4.69) is 32.9 Å². The van der Waals surface area contributed by atoms with E-state index in [-0.39, 0.29) is 5.41 Å². The van der Waals surface area contributed by atoms with E-state index in [9.17, 15) is 0 Å². The highest BCUT2D eigenvalue weighted by Gasteiger charge is 2.12. The van der Waals surface area contributed by atoms with Gasteiger partial charge in [0.15, 0.2) is 0 Å². The lowest BCUT2D eigenvalue weighted by Crippen LogP contribution is -2.10. The molecule has 0 spiro atoms. The largest absolute Gasteiger partial charge is 0.465 e. The van der Waals surface area contributed by atoms with E-state index in [4.69, 9.17) is 4.74 Å². The lowest BCUT2D eigenvalue weighted by Gasteiger charge is -2.18. The Morgan fingerprint density at radius 2 is 1.60 bits per heavy atom. The first-order chi connectivity index (χ1) is 6.89. The summed E-state index contributed by atoms with van der Waals surface area (Å²) in [5.41, 5.74) is 2.69. The summed E-state index contributed by atoms with van der Waals surface area (Å²) in [5.74, 6) is 0.893. The molecule has 0 aliphatic rings. The number of allylic oxidation sites excluding steroid dienone is 1. The van der Waals surface area contributed by atoms with Crippen LogP contribution in [0.3, 0.4) is 0 Å². The second-order valence-electron chi connectivity index (χ2n) is 5.09. The quantitative estimate of drug-likeness (QED) is 0.653. The predicted octanol–water partition coefficient (Wildman–Crippen LogP) is 4.29. The molecule has 1 heteroatoms. The Hall–Kier alpha value is -1.24. The van der Waals surface area contributed by atoms with Crippen molar-refractivity contribution in [2.45, 2.75) is 40.0 Å². The van der Waals surface area contributed by atoms with Crippen molar-refractivity contribution in [3.63, 3.8) is 0 Å². The molecule has 1 rings (SSSR count). The molecule has 82 valence electrons. The van der Waals surface area contributed by atoms with Crippen LogP contribution >= 0.6 is 0 Å². The minimum atomic E-state index is 0.203. The van der Waals surface area contributed by atoms with Gasteiger partial charge in [-0.3, -0.25) is 0 Å². The molecule has 0 aromatic heterocycles. The molecule has 0 atom stereocenters. The highest BCUT2D eigenvalue weighted by Crippen LogP contribution is 2.24. The fourth-order valence-electron chi connectivity index (χ4n) is 1.22. The molecule has 1 aromatic rings. The standard InChI is InChI=1S/C14H20O/c1-11(2)10-15-13-8-6-12(7-9-13)14(3,4)5/h6-10H,1-5H3. The van der Waals surface area contributed by atoms with E-state index >= 15 is 0 Å². The van der Waals surface area contributed by atoms with E-state index < -0.39 is 0 Å². The molecule has 1 aromatic carbocycles. The van der Waals surface area contributed by atoms with Crippen LogP contribution in [0, 0.1) is 0 Å². The minimum absolute atomic E-state index is 0.203. The highest BCUT2D eigenvalue weighted by molar-refractivity contribution is 5.31.